The molecule has 4 rings (SSSR count). The predicted octanol–water partition coefficient (Wildman–Crippen LogP) is 3.13. The van der Waals surface area contributed by atoms with Gasteiger partial charge in [-0.05, 0) is 35.7 Å². The number of hydrogen-bond acceptors (Lipinski definition) is 6. The fraction of sp³-hybridized carbons (Fsp3) is 0.320. The molecule has 0 radical (unpaired) electrons. The summed E-state index contributed by atoms with van der Waals surface area (Å²) in [5.74, 6) is 0.0630. The average Bonchev–Trinajstić information content (AvgIpc) is 3.46. The third kappa shape index (κ3) is 5.31. The van der Waals surface area contributed by atoms with Crippen LogP contribution in [0.3, 0.4) is 0 Å². The number of ether oxygens (including phenoxy) is 2. The van der Waals surface area contributed by atoms with E-state index in [9.17, 15) is 19.7 Å². The zero-order valence-electron chi connectivity index (χ0n) is 18.2. The van der Waals surface area contributed by atoms with Crippen LogP contribution in [0.1, 0.15) is 30.5 Å². The lowest BCUT2D eigenvalue weighted by atomic mass is 10.0. The van der Waals surface area contributed by atoms with Crippen molar-refractivity contribution in [3.8, 4) is 16.9 Å². The molecular weight excluding hydrogens is 427 g/mol. The first-order chi connectivity index (χ1) is 16.0. The van der Waals surface area contributed by atoms with Gasteiger partial charge in [-0.3, -0.25) is 0 Å². The molecular formula is C25H27FN2O5. The van der Waals surface area contributed by atoms with Gasteiger partial charge in [0.15, 0.2) is 17.7 Å². The molecule has 4 atom stereocenters. The molecule has 0 amide bonds. The maximum Gasteiger partial charge on any atom is 0.165 e. The van der Waals surface area contributed by atoms with Crippen molar-refractivity contribution in [2.75, 3.05) is 19.8 Å². The first-order valence-electron chi connectivity index (χ1n) is 10.8. The highest BCUT2D eigenvalue weighted by molar-refractivity contribution is 5.66. The maximum atomic E-state index is 14.6. The van der Waals surface area contributed by atoms with E-state index in [1.165, 1.54) is 6.07 Å². The van der Waals surface area contributed by atoms with Gasteiger partial charge in [0.1, 0.15) is 18.0 Å². The summed E-state index contributed by atoms with van der Waals surface area (Å²) < 4.78 is 27.0. The topological polar surface area (TPSA) is 97.0 Å². The predicted molar refractivity (Wildman–Crippen MR) is 121 cm³/mol. The Hall–Kier alpha value is -3.04. The monoisotopic (exact) mass is 454 g/mol. The van der Waals surface area contributed by atoms with Gasteiger partial charge in [-0.2, -0.15) is 0 Å². The Morgan fingerprint density at radius 3 is 2.61 bits per heavy atom. The fourth-order valence-electron chi connectivity index (χ4n) is 3.75. The summed E-state index contributed by atoms with van der Waals surface area (Å²) in [5, 5.41) is 29.4. The summed E-state index contributed by atoms with van der Waals surface area (Å²) in [6, 6.07) is 11.9. The first-order valence-corrected chi connectivity index (χ1v) is 10.8. The Bertz CT molecular complexity index is 1100. The van der Waals surface area contributed by atoms with E-state index >= 15 is 0 Å². The zero-order chi connectivity index (χ0) is 23.4. The zero-order valence-corrected chi connectivity index (χ0v) is 18.2. The number of hydrogen-bond donors (Lipinski definition) is 3. The molecule has 0 spiro atoms. The standard InChI is InChI=1S/C25H27FN2O5/c1-16(30)25-27-10-11-28(25)20(13-29)8-4-17-2-5-18(6-3-17)19-7-9-23(21(26)12-19)33-24-15-32-14-22(24)31/h2-12,16,20,22,24,29-31H,13-15H2,1H3/b8-4+/t16-,20-,22+,24?/m0/s1. The number of aromatic nitrogens is 2. The summed E-state index contributed by atoms with van der Waals surface area (Å²) >= 11 is 0. The van der Waals surface area contributed by atoms with E-state index in [-0.39, 0.29) is 31.6 Å². The molecule has 3 N–H and O–H groups in total. The number of nitrogens with zero attached hydrogens (tertiary/aromatic N) is 2. The van der Waals surface area contributed by atoms with Gasteiger partial charge < -0.3 is 29.4 Å². The van der Waals surface area contributed by atoms with Crippen LogP contribution in [0.15, 0.2) is 60.9 Å². The van der Waals surface area contributed by atoms with Crippen molar-refractivity contribution in [2.45, 2.75) is 31.3 Å². The van der Waals surface area contributed by atoms with Crippen LogP contribution in [0.25, 0.3) is 17.2 Å². The lowest BCUT2D eigenvalue weighted by molar-refractivity contribution is 0.0708. The fourth-order valence-corrected chi connectivity index (χ4v) is 3.75. The molecule has 2 aromatic carbocycles. The highest BCUT2D eigenvalue weighted by atomic mass is 19.1. The summed E-state index contributed by atoms with van der Waals surface area (Å²) in [7, 11) is 0. The molecule has 0 saturated carbocycles. The van der Waals surface area contributed by atoms with E-state index in [1.807, 2.05) is 36.4 Å². The second kappa shape index (κ2) is 10.3. The van der Waals surface area contributed by atoms with Gasteiger partial charge in [-0.1, -0.05) is 42.5 Å². The number of halogens is 1. The van der Waals surface area contributed by atoms with Gasteiger partial charge >= 0.3 is 0 Å². The van der Waals surface area contributed by atoms with Crippen molar-refractivity contribution in [1.29, 1.82) is 0 Å². The van der Waals surface area contributed by atoms with Crippen molar-refractivity contribution in [2.24, 2.45) is 0 Å². The van der Waals surface area contributed by atoms with Crippen LogP contribution in [0, 0.1) is 5.82 Å². The second-order valence-electron chi connectivity index (χ2n) is 8.01. The van der Waals surface area contributed by atoms with E-state index in [1.54, 1.807) is 36.0 Å². The Labute approximate surface area is 191 Å². The smallest absolute Gasteiger partial charge is 0.165 e. The number of benzene rings is 2. The van der Waals surface area contributed by atoms with Gasteiger partial charge in [0.05, 0.1) is 25.9 Å². The summed E-state index contributed by atoms with van der Waals surface area (Å²) in [4.78, 5) is 4.14. The molecule has 0 aliphatic carbocycles. The second-order valence-corrected chi connectivity index (χ2v) is 8.01. The van der Waals surface area contributed by atoms with Crippen molar-refractivity contribution >= 4 is 6.08 Å². The third-order valence-electron chi connectivity index (χ3n) is 5.58. The van der Waals surface area contributed by atoms with E-state index in [4.69, 9.17) is 9.47 Å². The van der Waals surface area contributed by atoms with Crippen LogP contribution in [-0.4, -0.2) is 56.9 Å². The highest BCUT2D eigenvalue weighted by Gasteiger charge is 2.28. The summed E-state index contributed by atoms with van der Waals surface area (Å²) in [6.45, 7) is 1.91. The number of aliphatic hydroxyl groups is 3. The maximum absolute atomic E-state index is 14.6. The van der Waals surface area contributed by atoms with E-state index < -0.39 is 24.1 Å². The normalized spacial score (nSPS) is 20.3. The summed E-state index contributed by atoms with van der Waals surface area (Å²) in [6.07, 6.45) is 4.96. The number of rotatable bonds is 8. The minimum atomic E-state index is -0.762. The van der Waals surface area contributed by atoms with Gasteiger partial charge in [-0.15, -0.1) is 0 Å². The molecule has 174 valence electrons. The molecule has 1 aliphatic rings. The third-order valence-corrected chi connectivity index (χ3v) is 5.58. The van der Waals surface area contributed by atoms with Crippen molar-refractivity contribution in [1.82, 2.24) is 9.55 Å². The van der Waals surface area contributed by atoms with Gasteiger partial charge in [0, 0.05) is 12.4 Å². The van der Waals surface area contributed by atoms with Crippen LogP contribution in [0.4, 0.5) is 4.39 Å². The lowest BCUT2D eigenvalue weighted by Gasteiger charge is -2.16. The molecule has 1 unspecified atom stereocenters. The highest BCUT2D eigenvalue weighted by Crippen LogP contribution is 2.28. The van der Waals surface area contributed by atoms with Crippen LogP contribution in [0.5, 0.6) is 5.75 Å². The molecule has 1 aromatic heterocycles. The van der Waals surface area contributed by atoms with Crippen LogP contribution >= 0.6 is 0 Å². The van der Waals surface area contributed by atoms with E-state index in [0.29, 0.717) is 11.4 Å². The van der Waals surface area contributed by atoms with Crippen LogP contribution < -0.4 is 4.74 Å². The van der Waals surface area contributed by atoms with Crippen LogP contribution in [-0.2, 0) is 4.74 Å². The molecule has 1 saturated heterocycles. The van der Waals surface area contributed by atoms with E-state index in [0.717, 1.165) is 11.1 Å². The van der Waals surface area contributed by atoms with Crippen LogP contribution in [0.2, 0.25) is 0 Å². The molecule has 33 heavy (non-hydrogen) atoms. The Kier molecular flexibility index (Phi) is 7.20. The molecule has 7 nitrogen and oxygen atoms in total. The SMILES string of the molecule is C[C@H](O)c1nccn1[C@@H](/C=C/c1ccc(-c2ccc(OC3COC[C@H]3O)c(F)c2)cc1)CO. The largest absolute Gasteiger partial charge is 0.482 e. The molecule has 1 aliphatic heterocycles. The summed E-state index contributed by atoms with van der Waals surface area (Å²) in [5.41, 5.74) is 2.45. The lowest BCUT2D eigenvalue weighted by Crippen LogP contribution is -2.30. The van der Waals surface area contributed by atoms with Gasteiger partial charge in [0.25, 0.3) is 0 Å². The number of imidazole rings is 1. The molecule has 0 bridgehead atoms. The Morgan fingerprint density at radius 1 is 1.21 bits per heavy atom. The Morgan fingerprint density at radius 2 is 1.97 bits per heavy atom. The molecule has 2 heterocycles. The minimum Gasteiger partial charge on any atom is -0.482 e. The molecule has 1 fully saturated rings. The molecule has 3 aromatic rings. The number of aliphatic hydroxyl groups excluding tert-OH is 3. The van der Waals surface area contributed by atoms with Crippen molar-refractivity contribution in [3.05, 3.63) is 78.1 Å². The van der Waals surface area contributed by atoms with E-state index in [2.05, 4.69) is 4.98 Å². The van der Waals surface area contributed by atoms with Gasteiger partial charge in [-0.25, -0.2) is 9.37 Å². The molecule has 8 heteroatoms. The quantitative estimate of drug-likeness (QED) is 0.484. The average molecular weight is 454 g/mol. The minimum absolute atomic E-state index is 0.0824. The van der Waals surface area contributed by atoms with Gasteiger partial charge in [0.2, 0.25) is 0 Å². The van der Waals surface area contributed by atoms with Crippen molar-refractivity contribution in [3.63, 3.8) is 0 Å². The Balaban J connectivity index is 1.45. The first kappa shape index (κ1) is 23.1. The van der Waals surface area contributed by atoms with Crippen molar-refractivity contribution < 1.29 is 29.2 Å².